The highest BCUT2D eigenvalue weighted by atomic mass is 32.2. The molecule has 0 radical (unpaired) electrons. The van der Waals surface area contributed by atoms with Crippen LogP contribution in [0.1, 0.15) is 17.4 Å². The molecule has 0 saturated carbocycles. The first-order chi connectivity index (χ1) is 9.72. The minimum atomic E-state index is 0.138. The van der Waals surface area contributed by atoms with Crippen molar-refractivity contribution in [3.63, 3.8) is 0 Å². The molecule has 1 aliphatic rings. The minimum Gasteiger partial charge on any atom is -0.338 e. The van der Waals surface area contributed by atoms with Gasteiger partial charge in [-0.25, -0.2) is 4.98 Å². The van der Waals surface area contributed by atoms with Gasteiger partial charge in [-0.1, -0.05) is 5.16 Å². The maximum absolute atomic E-state index is 12.1. The predicted molar refractivity (Wildman–Crippen MR) is 72.8 cm³/mol. The number of thioether (sulfide) groups is 1. The second-order valence-electron chi connectivity index (χ2n) is 4.62. The Balaban J connectivity index is 1.48. The normalized spacial score (nSPS) is 14.3. The highest BCUT2D eigenvalue weighted by Gasteiger charge is 2.20. The topological polar surface area (TPSA) is 77.0 Å². The van der Waals surface area contributed by atoms with E-state index in [0.29, 0.717) is 29.8 Å². The van der Waals surface area contributed by atoms with E-state index in [2.05, 4.69) is 19.7 Å². The van der Waals surface area contributed by atoms with Crippen LogP contribution < -0.4 is 0 Å². The molecule has 0 atom stereocenters. The van der Waals surface area contributed by atoms with Crippen LogP contribution in [0, 0.1) is 6.92 Å². The highest BCUT2D eigenvalue weighted by molar-refractivity contribution is 7.99. The van der Waals surface area contributed by atoms with Crippen molar-refractivity contribution in [3.05, 3.63) is 29.9 Å². The second-order valence-corrected chi connectivity index (χ2v) is 5.61. The van der Waals surface area contributed by atoms with Gasteiger partial charge in [0.25, 0.3) is 0 Å². The molecular formula is C12H15N5O2S. The molecule has 0 N–H and O–H groups in total. The van der Waals surface area contributed by atoms with Gasteiger partial charge in [-0.2, -0.15) is 4.98 Å². The number of imidazole rings is 1. The van der Waals surface area contributed by atoms with E-state index in [1.807, 2.05) is 17.4 Å². The van der Waals surface area contributed by atoms with Crippen LogP contribution in [0.4, 0.5) is 0 Å². The Morgan fingerprint density at radius 2 is 2.40 bits per heavy atom. The Kier molecular flexibility index (Phi) is 3.72. The van der Waals surface area contributed by atoms with Crippen molar-refractivity contribution in [1.29, 1.82) is 0 Å². The average molecular weight is 293 g/mol. The van der Waals surface area contributed by atoms with Gasteiger partial charge in [0.2, 0.25) is 11.8 Å². The largest absolute Gasteiger partial charge is 0.338 e. The number of amides is 1. The lowest BCUT2D eigenvalue weighted by Gasteiger charge is -2.28. The minimum absolute atomic E-state index is 0.138. The van der Waals surface area contributed by atoms with Gasteiger partial charge >= 0.3 is 0 Å². The summed E-state index contributed by atoms with van der Waals surface area (Å²) >= 11 is 1.49. The summed E-state index contributed by atoms with van der Waals surface area (Å²) in [6, 6.07) is 0. The maximum Gasteiger partial charge on any atom is 0.236 e. The van der Waals surface area contributed by atoms with Crippen LogP contribution >= 0.6 is 11.8 Å². The Labute approximate surface area is 120 Å². The van der Waals surface area contributed by atoms with Gasteiger partial charge in [-0.3, -0.25) is 4.79 Å². The summed E-state index contributed by atoms with van der Waals surface area (Å²) in [5.41, 5.74) is 1.09. The van der Waals surface area contributed by atoms with E-state index >= 15 is 0 Å². The number of carbonyl (C=O) groups excluding carboxylic acids is 1. The van der Waals surface area contributed by atoms with Gasteiger partial charge in [-0.15, -0.1) is 11.8 Å². The molecule has 1 amide bonds. The molecule has 2 aromatic rings. The molecule has 7 nitrogen and oxygen atoms in total. The van der Waals surface area contributed by atoms with Gasteiger partial charge < -0.3 is 14.0 Å². The van der Waals surface area contributed by atoms with Crippen LogP contribution in [-0.4, -0.2) is 42.8 Å². The maximum atomic E-state index is 12.1. The van der Waals surface area contributed by atoms with Crippen molar-refractivity contribution >= 4 is 17.7 Å². The lowest BCUT2D eigenvalue weighted by atomic mass is 10.3. The fourth-order valence-corrected chi connectivity index (χ4v) is 2.86. The standard InChI is InChI=1S/C12H15N5O2S/c1-9-14-11(19-15-9)6-20-7-12(18)16-2-3-17-8-13-4-10(17)5-16/h4,8H,2-3,5-7H2,1H3. The zero-order valence-corrected chi connectivity index (χ0v) is 12.0. The molecule has 1 aliphatic heterocycles. The molecule has 0 aromatic carbocycles. The number of hydrogen-bond donors (Lipinski definition) is 0. The number of nitrogens with zero attached hydrogens (tertiary/aromatic N) is 5. The molecule has 3 heterocycles. The lowest BCUT2D eigenvalue weighted by molar-refractivity contribution is -0.129. The zero-order valence-electron chi connectivity index (χ0n) is 11.2. The number of aromatic nitrogens is 4. The van der Waals surface area contributed by atoms with E-state index in [1.165, 1.54) is 11.8 Å². The molecule has 0 bridgehead atoms. The number of carbonyl (C=O) groups is 1. The zero-order chi connectivity index (χ0) is 13.9. The Hall–Kier alpha value is -1.83. The van der Waals surface area contributed by atoms with Gasteiger partial charge in [0.15, 0.2) is 5.82 Å². The van der Waals surface area contributed by atoms with Crippen LogP contribution in [0.25, 0.3) is 0 Å². The molecule has 0 unspecified atom stereocenters. The number of hydrogen-bond acceptors (Lipinski definition) is 6. The van der Waals surface area contributed by atoms with Crippen LogP contribution in [-0.2, 0) is 23.6 Å². The van der Waals surface area contributed by atoms with Gasteiger partial charge in [0.05, 0.1) is 30.1 Å². The van der Waals surface area contributed by atoms with Crippen molar-refractivity contribution in [2.75, 3.05) is 12.3 Å². The van der Waals surface area contributed by atoms with E-state index in [4.69, 9.17) is 4.52 Å². The van der Waals surface area contributed by atoms with E-state index < -0.39 is 0 Å². The van der Waals surface area contributed by atoms with Crippen LogP contribution in [0.15, 0.2) is 17.0 Å². The molecule has 8 heteroatoms. The monoisotopic (exact) mass is 293 g/mol. The summed E-state index contributed by atoms with van der Waals surface area (Å²) in [5, 5.41) is 3.72. The first-order valence-electron chi connectivity index (χ1n) is 6.36. The Morgan fingerprint density at radius 3 is 3.20 bits per heavy atom. The molecule has 3 rings (SSSR count). The number of rotatable bonds is 4. The van der Waals surface area contributed by atoms with E-state index in [-0.39, 0.29) is 5.91 Å². The fraction of sp³-hybridized carbons (Fsp3) is 0.500. The average Bonchev–Trinajstić information content (AvgIpc) is 3.06. The third kappa shape index (κ3) is 2.84. The van der Waals surface area contributed by atoms with Crippen molar-refractivity contribution in [1.82, 2.24) is 24.6 Å². The summed E-state index contributed by atoms with van der Waals surface area (Å²) in [6.45, 7) is 3.97. The lowest BCUT2D eigenvalue weighted by Crippen LogP contribution is -2.38. The molecule has 0 aliphatic carbocycles. The second kappa shape index (κ2) is 5.66. The summed E-state index contributed by atoms with van der Waals surface area (Å²) < 4.78 is 7.09. The number of fused-ring (bicyclic) bond motifs is 1. The third-order valence-electron chi connectivity index (χ3n) is 3.14. The van der Waals surface area contributed by atoms with Gasteiger partial charge in [0.1, 0.15) is 0 Å². The summed E-state index contributed by atoms with van der Waals surface area (Å²) in [5.74, 6) is 2.32. The van der Waals surface area contributed by atoms with E-state index in [0.717, 1.165) is 18.8 Å². The van der Waals surface area contributed by atoms with Crippen molar-refractivity contribution in [2.45, 2.75) is 25.8 Å². The molecule has 0 fully saturated rings. The summed E-state index contributed by atoms with van der Waals surface area (Å²) in [6.07, 6.45) is 3.62. The molecular weight excluding hydrogens is 278 g/mol. The molecule has 106 valence electrons. The van der Waals surface area contributed by atoms with Crippen LogP contribution in [0.5, 0.6) is 0 Å². The number of aryl methyl sites for hydroxylation is 1. The molecule has 0 spiro atoms. The van der Waals surface area contributed by atoms with E-state index in [9.17, 15) is 4.79 Å². The fourth-order valence-electron chi connectivity index (χ4n) is 2.11. The van der Waals surface area contributed by atoms with Gasteiger partial charge in [-0.05, 0) is 6.92 Å². The highest BCUT2D eigenvalue weighted by Crippen LogP contribution is 2.15. The van der Waals surface area contributed by atoms with E-state index in [1.54, 1.807) is 6.92 Å². The Morgan fingerprint density at radius 1 is 1.50 bits per heavy atom. The molecule has 2 aromatic heterocycles. The van der Waals surface area contributed by atoms with Crippen LogP contribution in [0.3, 0.4) is 0 Å². The first-order valence-corrected chi connectivity index (χ1v) is 7.51. The summed E-state index contributed by atoms with van der Waals surface area (Å²) in [7, 11) is 0. The smallest absolute Gasteiger partial charge is 0.236 e. The quantitative estimate of drug-likeness (QED) is 0.831. The predicted octanol–water partition coefficient (Wildman–Crippen LogP) is 0.850. The first kappa shape index (κ1) is 13.2. The van der Waals surface area contributed by atoms with Crippen molar-refractivity contribution < 1.29 is 9.32 Å². The molecule has 20 heavy (non-hydrogen) atoms. The van der Waals surface area contributed by atoms with Gasteiger partial charge in [0, 0.05) is 19.3 Å². The third-order valence-corrected chi connectivity index (χ3v) is 4.04. The van der Waals surface area contributed by atoms with Crippen LogP contribution in [0.2, 0.25) is 0 Å². The SMILES string of the molecule is Cc1noc(CSCC(=O)N2CCn3cncc3C2)n1. The Bertz CT molecular complexity index is 609. The van der Waals surface area contributed by atoms with Crippen molar-refractivity contribution in [3.8, 4) is 0 Å². The van der Waals surface area contributed by atoms with Crippen molar-refractivity contribution in [2.24, 2.45) is 0 Å². The molecule has 0 saturated heterocycles. The summed E-state index contributed by atoms with van der Waals surface area (Å²) in [4.78, 5) is 22.2.